The van der Waals surface area contributed by atoms with Crippen molar-refractivity contribution in [3.63, 3.8) is 0 Å². The van der Waals surface area contributed by atoms with E-state index < -0.39 is 31.6 Å². The molecule has 0 rings (SSSR count). The first-order valence-corrected chi connectivity index (χ1v) is 4.31. The monoisotopic (exact) mass is 217 g/mol. The minimum absolute atomic E-state index is 0.402. The van der Waals surface area contributed by atoms with Crippen LogP contribution < -0.4 is 5.32 Å². The van der Waals surface area contributed by atoms with E-state index >= 15 is 0 Å². The molecule has 0 aliphatic heterocycles. The summed E-state index contributed by atoms with van der Waals surface area (Å²) in [5.41, 5.74) is 0. The SMILES string of the molecule is CCNCC(F)(F)COCC(C)(F)F. The first-order valence-electron chi connectivity index (χ1n) is 4.31. The van der Waals surface area contributed by atoms with Gasteiger partial charge in [-0.05, 0) is 6.54 Å². The van der Waals surface area contributed by atoms with Gasteiger partial charge in [0.25, 0.3) is 11.8 Å². The number of nitrogens with one attached hydrogen (secondary N) is 1. The van der Waals surface area contributed by atoms with Crippen LogP contribution in [0.3, 0.4) is 0 Å². The maximum Gasteiger partial charge on any atom is 0.283 e. The van der Waals surface area contributed by atoms with Crippen LogP contribution >= 0.6 is 0 Å². The van der Waals surface area contributed by atoms with E-state index in [2.05, 4.69) is 10.1 Å². The van der Waals surface area contributed by atoms with Crippen LogP contribution in [0.25, 0.3) is 0 Å². The van der Waals surface area contributed by atoms with Crippen molar-refractivity contribution in [3.8, 4) is 0 Å². The fraction of sp³-hybridized carbons (Fsp3) is 1.00. The van der Waals surface area contributed by atoms with Gasteiger partial charge in [-0.2, -0.15) is 0 Å². The lowest BCUT2D eigenvalue weighted by atomic mass is 10.3. The van der Waals surface area contributed by atoms with Gasteiger partial charge in [-0.15, -0.1) is 0 Å². The Labute approximate surface area is 80.6 Å². The minimum Gasteiger partial charge on any atom is -0.369 e. The molecule has 14 heavy (non-hydrogen) atoms. The average Bonchev–Trinajstić information content (AvgIpc) is 1.98. The van der Waals surface area contributed by atoms with Gasteiger partial charge in [0.05, 0.1) is 6.54 Å². The molecule has 0 heterocycles. The van der Waals surface area contributed by atoms with E-state index in [9.17, 15) is 17.6 Å². The summed E-state index contributed by atoms with van der Waals surface area (Å²) in [7, 11) is 0. The van der Waals surface area contributed by atoms with Gasteiger partial charge in [0.2, 0.25) is 0 Å². The second kappa shape index (κ2) is 5.50. The molecule has 0 amide bonds. The van der Waals surface area contributed by atoms with Crippen LogP contribution in [-0.4, -0.2) is 38.1 Å². The quantitative estimate of drug-likeness (QED) is 0.658. The van der Waals surface area contributed by atoms with Gasteiger partial charge in [-0.3, -0.25) is 0 Å². The van der Waals surface area contributed by atoms with Crippen LogP contribution in [0.5, 0.6) is 0 Å². The van der Waals surface area contributed by atoms with Crippen LogP contribution in [0.15, 0.2) is 0 Å². The van der Waals surface area contributed by atoms with Gasteiger partial charge in [-0.1, -0.05) is 6.92 Å². The molecule has 0 atom stereocenters. The molecule has 0 aliphatic rings. The summed E-state index contributed by atoms with van der Waals surface area (Å²) >= 11 is 0. The Hall–Kier alpha value is -0.360. The molecule has 0 radical (unpaired) electrons. The zero-order valence-electron chi connectivity index (χ0n) is 8.25. The van der Waals surface area contributed by atoms with E-state index in [4.69, 9.17) is 0 Å². The summed E-state index contributed by atoms with van der Waals surface area (Å²) in [4.78, 5) is 0. The summed E-state index contributed by atoms with van der Waals surface area (Å²) in [6.45, 7) is 0.184. The normalized spacial score (nSPS) is 13.3. The van der Waals surface area contributed by atoms with Crippen molar-refractivity contribution >= 4 is 0 Å². The Morgan fingerprint density at radius 2 is 1.71 bits per heavy atom. The summed E-state index contributed by atoms with van der Waals surface area (Å²) in [5, 5.41) is 2.42. The topological polar surface area (TPSA) is 21.3 Å². The molecule has 0 saturated heterocycles. The molecule has 1 N–H and O–H groups in total. The highest BCUT2D eigenvalue weighted by Gasteiger charge is 2.30. The van der Waals surface area contributed by atoms with Crippen molar-refractivity contribution < 1.29 is 22.3 Å². The lowest BCUT2D eigenvalue weighted by Gasteiger charge is -2.18. The van der Waals surface area contributed by atoms with Crippen molar-refractivity contribution in [3.05, 3.63) is 0 Å². The fourth-order valence-corrected chi connectivity index (χ4v) is 0.738. The zero-order valence-corrected chi connectivity index (χ0v) is 8.25. The predicted molar refractivity (Wildman–Crippen MR) is 44.9 cm³/mol. The van der Waals surface area contributed by atoms with Crippen molar-refractivity contribution in [2.24, 2.45) is 0 Å². The van der Waals surface area contributed by atoms with Gasteiger partial charge in [-0.25, -0.2) is 17.6 Å². The number of ether oxygens (including phenoxy) is 1. The Kier molecular flexibility index (Phi) is 5.36. The van der Waals surface area contributed by atoms with Gasteiger partial charge < -0.3 is 10.1 Å². The van der Waals surface area contributed by atoms with E-state index in [0.29, 0.717) is 13.5 Å². The standard InChI is InChI=1S/C8H15F4NO/c1-3-13-4-8(11,12)6-14-5-7(2,9)10/h13H,3-6H2,1-2H3. The van der Waals surface area contributed by atoms with Gasteiger partial charge in [0.1, 0.15) is 13.2 Å². The summed E-state index contributed by atoms with van der Waals surface area (Å²) in [6.07, 6.45) is 0. The van der Waals surface area contributed by atoms with E-state index in [1.54, 1.807) is 6.92 Å². The van der Waals surface area contributed by atoms with Gasteiger partial charge >= 0.3 is 0 Å². The molecular formula is C8H15F4NO. The van der Waals surface area contributed by atoms with E-state index in [1.165, 1.54) is 0 Å². The highest BCUT2D eigenvalue weighted by atomic mass is 19.3. The minimum atomic E-state index is -3.10. The van der Waals surface area contributed by atoms with Crippen LogP contribution in [-0.2, 0) is 4.74 Å². The number of halogens is 4. The van der Waals surface area contributed by atoms with Crippen molar-refractivity contribution in [2.75, 3.05) is 26.3 Å². The largest absolute Gasteiger partial charge is 0.369 e. The Morgan fingerprint density at radius 1 is 1.14 bits per heavy atom. The third-order valence-electron chi connectivity index (χ3n) is 1.30. The van der Waals surface area contributed by atoms with Crippen molar-refractivity contribution in [1.82, 2.24) is 5.32 Å². The second-order valence-corrected chi connectivity index (χ2v) is 3.20. The first-order chi connectivity index (χ1) is 6.27. The molecule has 0 saturated carbocycles. The fourth-order valence-electron chi connectivity index (χ4n) is 0.738. The highest BCUT2D eigenvalue weighted by molar-refractivity contribution is 4.69. The Morgan fingerprint density at radius 3 is 2.14 bits per heavy atom. The smallest absolute Gasteiger partial charge is 0.283 e. The van der Waals surface area contributed by atoms with E-state index in [-0.39, 0.29) is 0 Å². The number of hydrogen-bond acceptors (Lipinski definition) is 2. The van der Waals surface area contributed by atoms with Crippen LogP contribution in [0.2, 0.25) is 0 Å². The molecule has 2 nitrogen and oxygen atoms in total. The first kappa shape index (κ1) is 13.6. The summed E-state index contributed by atoms with van der Waals surface area (Å²) in [6, 6.07) is 0. The number of hydrogen-bond donors (Lipinski definition) is 1. The average molecular weight is 217 g/mol. The summed E-state index contributed by atoms with van der Waals surface area (Å²) < 4.78 is 54.1. The second-order valence-electron chi connectivity index (χ2n) is 3.20. The third-order valence-corrected chi connectivity index (χ3v) is 1.30. The van der Waals surface area contributed by atoms with E-state index in [1.807, 2.05) is 0 Å². The molecule has 0 aromatic rings. The molecule has 0 fully saturated rings. The van der Waals surface area contributed by atoms with Gasteiger partial charge in [0, 0.05) is 6.92 Å². The van der Waals surface area contributed by atoms with Crippen molar-refractivity contribution in [2.45, 2.75) is 25.7 Å². The zero-order chi connectivity index (χ0) is 11.2. The molecule has 86 valence electrons. The Bertz CT molecular complexity index is 158. The van der Waals surface area contributed by atoms with Crippen molar-refractivity contribution in [1.29, 1.82) is 0 Å². The summed E-state index contributed by atoms with van der Waals surface area (Å²) in [5.74, 6) is -6.16. The molecule has 0 aliphatic carbocycles. The highest BCUT2D eigenvalue weighted by Crippen LogP contribution is 2.16. The van der Waals surface area contributed by atoms with Gasteiger partial charge in [0.15, 0.2) is 0 Å². The maximum atomic E-state index is 12.8. The molecule has 0 aromatic heterocycles. The number of rotatable bonds is 7. The Balaban J connectivity index is 3.65. The molecule has 0 bridgehead atoms. The van der Waals surface area contributed by atoms with Crippen LogP contribution in [0, 0.1) is 0 Å². The molecule has 0 spiro atoms. The van der Waals surface area contributed by atoms with Crippen LogP contribution in [0.4, 0.5) is 17.6 Å². The van der Waals surface area contributed by atoms with Crippen LogP contribution in [0.1, 0.15) is 13.8 Å². The lowest BCUT2D eigenvalue weighted by molar-refractivity contribution is -0.120. The molecule has 0 unspecified atom stereocenters. The van der Waals surface area contributed by atoms with E-state index in [0.717, 1.165) is 0 Å². The predicted octanol–water partition coefficient (Wildman–Crippen LogP) is 1.90. The number of alkyl halides is 4. The molecular weight excluding hydrogens is 202 g/mol. The maximum absolute atomic E-state index is 12.8. The molecule has 6 heteroatoms. The lowest BCUT2D eigenvalue weighted by Crippen LogP contribution is -2.37. The molecule has 0 aromatic carbocycles. The third kappa shape index (κ3) is 8.25.